The molecule has 0 bridgehead atoms. The van der Waals surface area contributed by atoms with E-state index in [0.29, 0.717) is 0 Å². The van der Waals surface area contributed by atoms with E-state index in [1.807, 2.05) is 11.3 Å². The number of rotatable bonds is 0. The third-order valence-corrected chi connectivity index (χ3v) is 5.97. The fourth-order valence-corrected chi connectivity index (χ4v) is 4.72. The summed E-state index contributed by atoms with van der Waals surface area (Å²) in [7, 11) is 2.25. The molecule has 0 saturated carbocycles. The molecule has 2 heterocycles. The van der Waals surface area contributed by atoms with Crippen LogP contribution in [0.15, 0.2) is 48.5 Å². The molecule has 22 heavy (non-hydrogen) atoms. The Morgan fingerprint density at radius 3 is 2.50 bits per heavy atom. The summed E-state index contributed by atoms with van der Waals surface area (Å²) in [5.41, 5.74) is 4.59. The highest BCUT2D eigenvalue weighted by molar-refractivity contribution is 7.19. The fourth-order valence-electron chi connectivity index (χ4n) is 3.44. The number of hydrogen-bond donors (Lipinski definition) is 0. The molecule has 0 aliphatic carbocycles. The average Bonchev–Trinajstić information content (AvgIpc) is 2.89. The normalized spacial score (nSPS) is 16.2. The number of benzene rings is 2. The van der Waals surface area contributed by atoms with Crippen LogP contribution in [0.3, 0.4) is 0 Å². The molecule has 0 N–H and O–H groups in total. The highest BCUT2D eigenvalue weighted by atomic mass is 32.1. The zero-order valence-electron chi connectivity index (χ0n) is 13.0. The van der Waals surface area contributed by atoms with Gasteiger partial charge in [-0.3, -0.25) is 0 Å². The van der Waals surface area contributed by atoms with E-state index < -0.39 is 0 Å². The van der Waals surface area contributed by atoms with Gasteiger partial charge in [-0.1, -0.05) is 42.5 Å². The van der Waals surface area contributed by atoms with E-state index >= 15 is 0 Å². The van der Waals surface area contributed by atoms with Crippen molar-refractivity contribution >= 4 is 21.4 Å². The quantitative estimate of drug-likeness (QED) is 0.590. The van der Waals surface area contributed by atoms with Crippen molar-refractivity contribution in [2.75, 3.05) is 20.1 Å². The third kappa shape index (κ3) is 2.57. The molecule has 112 valence electrons. The van der Waals surface area contributed by atoms with Crippen LogP contribution in [0.25, 0.3) is 10.1 Å². The minimum Gasteiger partial charge on any atom is -0.306 e. The van der Waals surface area contributed by atoms with Crippen molar-refractivity contribution in [3.63, 3.8) is 0 Å². The summed E-state index contributed by atoms with van der Waals surface area (Å²) in [5.74, 6) is 0. The standard InChI is InChI=1S/C20H21NS/c1-21-12-10-15-6-2-3-7-16(15)14-20-18(11-13-21)17-8-4-5-9-19(17)22-20/h2-9H,10-14H2,1H3. The van der Waals surface area contributed by atoms with Gasteiger partial charge in [-0.05, 0) is 48.0 Å². The number of hydrogen-bond acceptors (Lipinski definition) is 2. The largest absolute Gasteiger partial charge is 0.306 e. The topological polar surface area (TPSA) is 3.24 Å². The summed E-state index contributed by atoms with van der Waals surface area (Å²) < 4.78 is 1.44. The first-order valence-electron chi connectivity index (χ1n) is 8.06. The molecular formula is C20H21NS. The second kappa shape index (κ2) is 5.86. The van der Waals surface area contributed by atoms with Gasteiger partial charge in [-0.15, -0.1) is 11.3 Å². The molecule has 3 aromatic rings. The van der Waals surface area contributed by atoms with Crippen LogP contribution in [0, 0.1) is 0 Å². The maximum absolute atomic E-state index is 2.47. The molecule has 2 heteroatoms. The fraction of sp³-hybridized carbons (Fsp3) is 0.300. The Morgan fingerprint density at radius 1 is 0.864 bits per heavy atom. The maximum Gasteiger partial charge on any atom is 0.0348 e. The highest BCUT2D eigenvalue weighted by Crippen LogP contribution is 2.34. The Bertz CT molecular complexity index is 802. The van der Waals surface area contributed by atoms with Gasteiger partial charge in [0.2, 0.25) is 0 Å². The van der Waals surface area contributed by atoms with Gasteiger partial charge in [-0.25, -0.2) is 0 Å². The maximum atomic E-state index is 2.47. The lowest BCUT2D eigenvalue weighted by Gasteiger charge is -2.20. The summed E-state index contributed by atoms with van der Waals surface area (Å²) in [4.78, 5) is 4.03. The second-order valence-electron chi connectivity index (χ2n) is 6.25. The van der Waals surface area contributed by atoms with Crippen LogP contribution in [-0.4, -0.2) is 25.0 Å². The average molecular weight is 307 g/mol. The molecule has 0 radical (unpaired) electrons. The SMILES string of the molecule is CN1CCc2ccccc2Cc2sc3ccccc3c2CC1. The van der Waals surface area contributed by atoms with Gasteiger partial charge in [0.1, 0.15) is 0 Å². The molecule has 0 unspecified atom stereocenters. The van der Waals surface area contributed by atoms with Gasteiger partial charge < -0.3 is 4.90 Å². The lowest BCUT2D eigenvalue weighted by atomic mass is 9.97. The Hall–Kier alpha value is -1.64. The van der Waals surface area contributed by atoms with Crippen LogP contribution >= 0.6 is 11.3 Å². The molecule has 0 spiro atoms. The van der Waals surface area contributed by atoms with Gasteiger partial charge in [0.15, 0.2) is 0 Å². The molecule has 0 atom stereocenters. The highest BCUT2D eigenvalue weighted by Gasteiger charge is 2.16. The summed E-state index contributed by atoms with van der Waals surface area (Å²) in [6.07, 6.45) is 3.42. The van der Waals surface area contributed by atoms with E-state index in [4.69, 9.17) is 0 Å². The summed E-state index contributed by atoms with van der Waals surface area (Å²) >= 11 is 1.98. The van der Waals surface area contributed by atoms with Crippen LogP contribution in [0.2, 0.25) is 0 Å². The first-order chi connectivity index (χ1) is 10.8. The molecule has 2 aromatic carbocycles. The van der Waals surface area contributed by atoms with Crippen LogP contribution in [-0.2, 0) is 19.3 Å². The molecule has 4 rings (SSSR count). The van der Waals surface area contributed by atoms with Crippen molar-refractivity contribution in [1.82, 2.24) is 4.90 Å². The Balaban J connectivity index is 1.86. The van der Waals surface area contributed by atoms with Crippen molar-refractivity contribution in [3.8, 4) is 0 Å². The summed E-state index contributed by atoms with van der Waals surface area (Å²) in [6.45, 7) is 2.30. The zero-order chi connectivity index (χ0) is 14.9. The Kier molecular flexibility index (Phi) is 3.73. The first-order valence-corrected chi connectivity index (χ1v) is 8.87. The zero-order valence-corrected chi connectivity index (χ0v) is 13.8. The van der Waals surface area contributed by atoms with Crippen molar-refractivity contribution < 1.29 is 0 Å². The van der Waals surface area contributed by atoms with Gasteiger partial charge in [0, 0.05) is 29.1 Å². The van der Waals surface area contributed by atoms with Crippen molar-refractivity contribution in [2.24, 2.45) is 0 Å². The molecule has 0 fully saturated rings. The number of fused-ring (bicyclic) bond motifs is 4. The van der Waals surface area contributed by atoms with Crippen LogP contribution in [0.5, 0.6) is 0 Å². The van der Waals surface area contributed by atoms with Gasteiger partial charge in [-0.2, -0.15) is 0 Å². The van der Waals surface area contributed by atoms with Gasteiger partial charge in [0.25, 0.3) is 0 Å². The second-order valence-corrected chi connectivity index (χ2v) is 7.39. The van der Waals surface area contributed by atoms with Crippen molar-refractivity contribution in [1.29, 1.82) is 0 Å². The van der Waals surface area contributed by atoms with E-state index in [2.05, 4.69) is 60.5 Å². The lowest BCUT2D eigenvalue weighted by Crippen LogP contribution is -2.25. The Morgan fingerprint density at radius 2 is 1.59 bits per heavy atom. The minimum absolute atomic E-state index is 1.09. The number of likely N-dealkylation sites (N-methyl/N-ethyl adjacent to an activating group) is 1. The van der Waals surface area contributed by atoms with Crippen molar-refractivity contribution in [2.45, 2.75) is 19.3 Å². The smallest absolute Gasteiger partial charge is 0.0348 e. The van der Waals surface area contributed by atoms with E-state index in [1.54, 1.807) is 10.4 Å². The minimum atomic E-state index is 1.09. The summed E-state index contributed by atoms with van der Waals surface area (Å²) in [6, 6.07) is 17.9. The summed E-state index contributed by atoms with van der Waals surface area (Å²) in [5, 5.41) is 1.47. The molecule has 1 nitrogen and oxygen atoms in total. The van der Waals surface area contributed by atoms with Crippen LogP contribution in [0.4, 0.5) is 0 Å². The van der Waals surface area contributed by atoms with E-state index in [-0.39, 0.29) is 0 Å². The van der Waals surface area contributed by atoms with E-state index in [0.717, 1.165) is 32.4 Å². The van der Waals surface area contributed by atoms with Crippen LogP contribution < -0.4 is 0 Å². The molecule has 1 aromatic heterocycles. The lowest BCUT2D eigenvalue weighted by molar-refractivity contribution is 0.342. The molecular weight excluding hydrogens is 286 g/mol. The van der Waals surface area contributed by atoms with Gasteiger partial charge >= 0.3 is 0 Å². The molecule has 1 aliphatic rings. The molecule has 0 amide bonds. The Labute approximate surface area is 136 Å². The van der Waals surface area contributed by atoms with Crippen LogP contribution in [0.1, 0.15) is 21.6 Å². The predicted octanol–water partition coefficient (Wildman–Crippen LogP) is 4.52. The van der Waals surface area contributed by atoms with Crippen molar-refractivity contribution in [3.05, 3.63) is 70.1 Å². The number of nitrogens with zero attached hydrogens (tertiary/aromatic N) is 1. The first kappa shape index (κ1) is 14.0. The predicted molar refractivity (Wildman–Crippen MR) is 96.0 cm³/mol. The molecule has 1 aliphatic heterocycles. The van der Waals surface area contributed by atoms with E-state index in [9.17, 15) is 0 Å². The third-order valence-electron chi connectivity index (χ3n) is 4.76. The number of thiophene rings is 1. The monoisotopic (exact) mass is 307 g/mol. The van der Waals surface area contributed by atoms with E-state index in [1.165, 1.54) is 21.2 Å². The van der Waals surface area contributed by atoms with Gasteiger partial charge in [0.05, 0.1) is 0 Å². The molecule has 0 saturated heterocycles.